The number of rotatable bonds is 5. The van der Waals surface area contributed by atoms with Gasteiger partial charge < -0.3 is 20.5 Å². The summed E-state index contributed by atoms with van der Waals surface area (Å²) in [5.41, 5.74) is 0.449. The van der Waals surface area contributed by atoms with Gasteiger partial charge in [-0.05, 0) is 30.7 Å². The summed E-state index contributed by atoms with van der Waals surface area (Å²) in [5, 5.41) is 13.9. The van der Waals surface area contributed by atoms with Crippen LogP contribution >= 0.6 is 0 Å². The van der Waals surface area contributed by atoms with Crippen molar-refractivity contribution < 1.29 is 19.4 Å². The van der Waals surface area contributed by atoms with Gasteiger partial charge >= 0.3 is 11.8 Å². The van der Waals surface area contributed by atoms with Crippen molar-refractivity contribution in [2.45, 2.75) is 6.42 Å². The minimum Gasteiger partial charge on any atom is -0.508 e. The molecule has 0 radical (unpaired) electrons. The molecule has 1 aromatic rings. The third-order valence-electron chi connectivity index (χ3n) is 2.14. The highest BCUT2D eigenvalue weighted by molar-refractivity contribution is 6.39. The molecule has 98 valence electrons. The summed E-state index contributed by atoms with van der Waals surface area (Å²) in [6.45, 7) is 0.912. The smallest absolute Gasteiger partial charge is 0.313 e. The van der Waals surface area contributed by atoms with Gasteiger partial charge in [-0.1, -0.05) is 0 Å². The lowest BCUT2D eigenvalue weighted by Crippen LogP contribution is -2.36. The lowest BCUT2D eigenvalue weighted by molar-refractivity contribution is -0.136. The van der Waals surface area contributed by atoms with Crippen molar-refractivity contribution in [2.24, 2.45) is 0 Å². The Balaban J connectivity index is 2.35. The molecule has 0 bridgehead atoms. The molecule has 2 amide bonds. The molecule has 0 aliphatic rings. The number of hydrogen-bond donors (Lipinski definition) is 3. The fourth-order valence-electron chi connectivity index (χ4n) is 1.23. The second-order valence-corrected chi connectivity index (χ2v) is 3.60. The Bertz CT molecular complexity index is 403. The van der Waals surface area contributed by atoms with E-state index in [0.29, 0.717) is 25.3 Å². The van der Waals surface area contributed by atoms with E-state index >= 15 is 0 Å². The molecule has 0 aromatic heterocycles. The lowest BCUT2D eigenvalue weighted by atomic mass is 10.3. The Kier molecular flexibility index (Phi) is 5.66. The maximum atomic E-state index is 11.4. The van der Waals surface area contributed by atoms with Gasteiger partial charge in [0.05, 0.1) is 0 Å². The number of carbonyl (C=O) groups excluding carboxylic acids is 2. The molecule has 0 fully saturated rings. The van der Waals surface area contributed by atoms with Crippen molar-refractivity contribution >= 4 is 17.5 Å². The Hall–Kier alpha value is -2.08. The highest BCUT2D eigenvalue weighted by Gasteiger charge is 2.12. The van der Waals surface area contributed by atoms with Gasteiger partial charge in [0.15, 0.2) is 0 Å². The van der Waals surface area contributed by atoms with Crippen molar-refractivity contribution in [1.29, 1.82) is 0 Å². The summed E-state index contributed by atoms with van der Waals surface area (Å²) in [4.78, 5) is 22.8. The Labute approximate surface area is 105 Å². The number of phenolic OH excluding ortho intramolecular Hbond substituents is 1. The average Bonchev–Trinajstić information content (AvgIpc) is 2.37. The van der Waals surface area contributed by atoms with E-state index in [1.807, 2.05) is 0 Å². The number of aromatic hydroxyl groups is 1. The maximum Gasteiger partial charge on any atom is 0.313 e. The molecule has 0 saturated heterocycles. The third-order valence-corrected chi connectivity index (χ3v) is 2.14. The average molecular weight is 252 g/mol. The topological polar surface area (TPSA) is 87.7 Å². The molecule has 18 heavy (non-hydrogen) atoms. The van der Waals surface area contributed by atoms with Crippen LogP contribution in [0.4, 0.5) is 5.69 Å². The summed E-state index contributed by atoms with van der Waals surface area (Å²) in [6, 6.07) is 5.86. The van der Waals surface area contributed by atoms with E-state index in [9.17, 15) is 9.59 Å². The van der Waals surface area contributed by atoms with Crippen LogP contribution in [0.1, 0.15) is 6.42 Å². The first-order chi connectivity index (χ1) is 8.63. The van der Waals surface area contributed by atoms with Crippen LogP contribution in [-0.2, 0) is 14.3 Å². The number of ether oxygens (including phenoxy) is 1. The second-order valence-electron chi connectivity index (χ2n) is 3.60. The van der Waals surface area contributed by atoms with E-state index < -0.39 is 11.8 Å². The lowest BCUT2D eigenvalue weighted by Gasteiger charge is -2.06. The van der Waals surface area contributed by atoms with E-state index in [0.717, 1.165) is 0 Å². The van der Waals surface area contributed by atoms with Gasteiger partial charge in [0, 0.05) is 25.9 Å². The first-order valence-corrected chi connectivity index (χ1v) is 5.50. The summed E-state index contributed by atoms with van der Waals surface area (Å²) < 4.78 is 4.82. The third kappa shape index (κ3) is 4.84. The number of phenols is 1. The van der Waals surface area contributed by atoms with Crippen molar-refractivity contribution in [3.63, 3.8) is 0 Å². The number of methoxy groups -OCH3 is 1. The molecule has 0 heterocycles. The van der Waals surface area contributed by atoms with Crippen LogP contribution in [0, 0.1) is 0 Å². The highest BCUT2D eigenvalue weighted by atomic mass is 16.5. The second kappa shape index (κ2) is 7.29. The van der Waals surface area contributed by atoms with Gasteiger partial charge in [-0.15, -0.1) is 0 Å². The standard InChI is InChI=1S/C12H16N2O4/c1-18-8-2-7-13-11(16)12(17)14-9-3-5-10(15)6-4-9/h3-6,15H,2,7-8H2,1H3,(H,13,16)(H,14,17). The van der Waals surface area contributed by atoms with E-state index in [4.69, 9.17) is 9.84 Å². The van der Waals surface area contributed by atoms with Crippen molar-refractivity contribution in [3.8, 4) is 5.75 Å². The number of anilines is 1. The fraction of sp³-hybridized carbons (Fsp3) is 0.333. The molecule has 6 nitrogen and oxygen atoms in total. The number of hydrogen-bond acceptors (Lipinski definition) is 4. The summed E-state index contributed by atoms with van der Waals surface area (Å²) in [6.07, 6.45) is 0.648. The predicted octanol–water partition coefficient (Wildman–Crippen LogP) is 0.483. The molecule has 0 aliphatic carbocycles. The quantitative estimate of drug-likeness (QED) is 0.404. The van der Waals surface area contributed by atoms with Crippen LogP contribution in [0.5, 0.6) is 5.75 Å². The summed E-state index contributed by atoms with van der Waals surface area (Å²) in [7, 11) is 1.57. The molecule has 0 aliphatic heterocycles. The van der Waals surface area contributed by atoms with Gasteiger partial charge in [0.2, 0.25) is 0 Å². The summed E-state index contributed by atoms with van der Waals surface area (Å²) >= 11 is 0. The van der Waals surface area contributed by atoms with Crippen LogP contribution in [0.15, 0.2) is 24.3 Å². The first kappa shape index (κ1) is 14.0. The highest BCUT2D eigenvalue weighted by Crippen LogP contribution is 2.13. The van der Waals surface area contributed by atoms with Crippen molar-refractivity contribution in [1.82, 2.24) is 5.32 Å². The molecule has 0 saturated carbocycles. The fourth-order valence-corrected chi connectivity index (χ4v) is 1.23. The van der Waals surface area contributed by atoms with E-state index in [2.05, 4.69) is 10.6 Å². The Morgan fingerprint density at radius 1 is 1.22 bits per heavy atom. The Morgan fingerprint density at radius 3 is 2.50 bits per heavy atom. The molecule has 3 N–H and O–H groups in total. The minimum atomic E-state index is -0.738. The van der Waals surface area contributed by atoms with E-state index in [-0.39, 0.29) is 5.75 Å². The zero-order chi connectivity index (χ0) is 13.4. The summed E-state index contributed by atoms with van der Waals surface area (Å²) in [5.74, 6) is -1.34. The van der Waals surface area contributed by atoms with E-state index in [1.165, 1.54) is 24.3 Å². The SMILES string of the molecule is COCCCNC(=O)C(=O)Nc1ccc(O)cc1. The molecular formula is C12H16N2O4. The molecule has 1 aromatic carbocycles. The number of benzene rings is 1. The molecule has 6 heteroatoms. The monoisotopic (exact) mass is 252 g/mol. The van der Waals surface area contributed by atoms with Crippen LogP contribution in [0.2, 0.25) is 0 Å². The largest absolute Gasteiger partial charge is 0.508 e. The van der Waals surface area contributed by atoms with Crippen LogP contribution in [0.3, 0.4) is 0 Å². The zero-order valence-corrected chi connectivity index (χ0v) is 10.1. The Morgan fingerprint density at radius 2 is 1.89 bits per heavy atom. The van der Waals surface area contributed by atoms with Gasteiger partial charge in [0.25, 0.3) is 0 Å². The molecular weight excluding hydrogens is 236 g/mol. The van der Waals surface area contributed by atoms with Crippen molar-refractivity contribution in [2.75, 3.05) is 25.6 Å². The van der Waals surface area contributed by atoms with E-state index in [1.54, 1.807) is 7.11 Å². The van der Waals surface area contributed by atoms with Gasteiger partial charge in [-0.2, -0.15) is 0 Å². The maximum absolute atomic E-state index is 11.4. The number of nitrogens with one attached hydrogen (secondary N) is 2. The normalized spacial score (nSPS) is 9.83. The first-order valence-electron chi connectivity index (χ1n) is 5.50. The minimum absolute atomic E-state index is 0.0945. The van der Waals surface area contributed by atoms with Gasteiger partial charge in [-0.3, -0.25) is 9.59 Å². The van der Waals surface area contributed by atoms with Gasteiger partial charge in [-0.25, -0.2) is 0 Å². The van der Waals surface area contributed by atoms with Crippen LogP contribution < -0.4 is 10.6 Å². The zero-order valence-electron chi connectivity index (χ0n) is 10.1. The number of amides is 2. The number of carbonyl (C=O) groups is 2. The van der Waals surface area contributed by atoms with Crippen molar-refractivity contribution in [3.05, 3.63) is 24.3 Å². The molecule has 1 rings (SSSR count). The molecule has 0 spiro atoms. The van der Waals surface area contributed by atoms with Gasteiger partial charge in [0.1, 0.15) is 5.75 Å². The molecule has 0 atom stereocenters. The van der Waals surface area contributed by atoms with Crippen LogP contribution in [-0.4, -0.2) is 37.2 Å². The predicted molar refractivity (Wildman–Crippen MR) is 66.2 cm³/mol. The molecule has 0 unspecified atom stereocenters. The van der Waals surface area contributed by atoms with Crippen LogP contribution in [0.25, 0.3) is 0 Å².